The number of nitro benzene ring substituents is 1. The van der Waals surface area contributed by atoms with Crippen molar-refractivity contribution >= 4 is 27.8 Å². The van der Waals surface area contributed by atoms with Crippen LogP contribution in [-0.2, 0) is 21.4 Å². The van der Waals surface area contributed by atoms with Gasteiger partial charge in [-0.1, -0.05) is 60.7 Å². The van der Waals surface area contributed by atoms with E-state index in [0.717, 1.165) is 9.87 Å². The summed E-state index contributed by atoms with van der Waals surface area (Å²) in [7, 11) is -3.94. The summed E-state index contributed by atoms with van der Waals surface area (Å²) in [6, 6.07) is 22.5. The second kappa shape index (κ2) is 10.4. The fourth-order valence-electron chi connectivity index (χ4n) is 2.85. The molecule has 3 rings (SSSR count). The number of rotatable bonds is 9. The molecule has 0 aliphatic carbocycles. The van der Waals surface area contributed by atoms with Gasteiger partial charge in [-0.2, -0.15) is 9.41 Å². The Balaban J connectivity index is 1.75. The smallest absolute Gasteiger partial charge is 0.270 e. The standard InChI is InChI=1S/C22H20N4O5S/c27-22(24-23-15-19-10-7-11-20(14-19)26(28)29)17-25(16-18-8-3-1-4-9-18)32(30,31)21-12-5-2-6-13-21/h1-15H,16-17H2,(H,24,27)/b23-15-. The molecule has 0 saturated heterocycles. The number of non-ortho nitro benzene ring substituents is 1. The Morgan fingerprint density at radius 1 is 1.00 bits per heavy atom. The van der Waals surface area contributed by atoms with Gasteiger partial charge >= 0.3 is 0 Å². The van der Waals surface area contributed by atoms with Crippen molar-refractivity contribution in [2.24, 2.45) is 5.10 Å². The molecule has 9 nitrogen and oxygen atoms in total. The van der Waals surface area contributed by atoms with Crippen LogP contribution < -0.4 is 5.43 Å². The van der Waals surface area contributed by atoms with E-state index in [2.05, 4.69) is 10.5 Å². The van der Waals surface area contributed by atoms with Gasteiger partial charge in [0.15, 0.2) is 0 Å². The Kier molecular flexibility index (Phi) is 7.42. The third-order valence-electron chi connectivity index (χ3n) is 4.39. The van der Waals surface area contributed by atoms with Gasteiger partial charge in [-0.05, 0) is 17.7 Å². The van der Waals surface area contributed by atoms with Crippen LogP contribution in [0.1, 0.15) is 11.1 Å². The van der Waals surface area contributed by atoms with E-state index >= 15 is 0 Å². The molecule has 0 bridgehead atoms. The van der Waals surface area contributed by atoms with E-state index in [4.69, 9.17) is 0 Å². The van der Waals surface area contributed by atoms with Crippen LogP contribution in [0.3, 0.4) is 0 Å². The highest BCUT2D eigenvalue weighted by atomic mass is 32.2. The predicted molar refractivity (Wildman–Crippen MR) is 119 cm³/mol. The highest BCUT2D eigenvalue weighted by Crippen LogP contribution is 2.18. The number of amides is 1. The highest BCUT2D eigenvalue weighted by molar-refractivity contribution is 7.89. The van der Waals surface area contributed by atoms with Crippen LogP contribution >= 0.6 is 0 Å². The van der Waals surface area contributed by atoms with E-state index in [0.29, 0.717) is 5.56 Å². The van der Waals surface area contributed by atoms with E-state index in [9.17, 15) is 23.3 Å². The number of nitrogens with zero attached hydrogens (tertiary/aromatic N) is 3. The number of nitro groups is 1. The Morgan fingerprint density at radius 2 is 1.66 bits per heavy atom. The fourth-order valence-corrected chi connectivity index (χ4v) is 4.25. The monoisotopic (exact) mass is 452 g/mol. The lowest BCUT2D eigenvalue weighted by atomic mass is 10.2. The lowest BCUT2D eigenvalue weighted by molar-refractivity contribution is -0.384. The normalized spacial score (nSPS) is 11.5. The topological polar surface area (TPSA) is 122 Å². The summed E-state index contributed by atoms with van der Waals surface area (Å²) < 4.78 is 27.3. The molecule has 32 heavy (non-hydrogen) atoms. The van der Waals surface area contributed by atoms with Crippen molar-refractivity contribution < 1.29 is 18.1 Å². The Labute approximate surface area is 185 Å². The summed E-state index contributed by atoms with van der Waals surface area (Å²) in [6.45, 7) is -0.460. The van der Waals surface area contributed by atoms with Crippen LogP contribution in [-0.4, -0.2) is 36.3 Å². The van der Waals surface area contributed by atoms with Gasteiger partial charge in [-0.3, -0.25) is 14.9 Å². The van der Waals surface area contributed by atoms with Crippen molar-refractivity contribution in [2.75, 3.05) is 6.54 Å². The van der Waals surface area contributed by atoms with Gasteiger partial charge in [0.25, 0.3) is 11.6 Å². The van der Waals surface area contributed by atoms with Crippen molar-refractivity contribution in [3.05, 3.63) is 106 Å². The van der Waals surface area contributed by atoms with Crippen LogP contribution in [0.4, 0.5) is 5.69 Å². The third-order valence-corrected chi connectivity index (χ3v) is 6.19. The molecule has 0 radical (unpaired) electrons. The van der Waals surface area contributed by atoms with Gasteiger partial charge in [-0.15, -0.1) is 0 Å². The second-order valence-electron chi connectivity index (χ2n) is 6.72. The third kappa shape index (κ3) is 6.06. The van der Waals surface area contributed by atoms with Crippen molar-refractivity contribution in [1.82, 2.24) is 9.73 Å². The lowest BCUT2D eigenvalue weighted by Gasteiger charge is -2.21. The second-order valence-corrected chi connectivity index (χ2v) is 8.65. The zero-order chi connectivity index (χ0) is 23.0. The molecule has 0 aliphatic heterocycles. The van der Waals surface area contributed by atoms with Gasteiger partial charge in [0.1, 0.15) is 0 Å². The van der Waals surface area contributed by atoms with Crippen molar-refractivity contribution in [3.63, 3.8) is 0 Å². The zero-order valence-electron chi connectivity index (χ0n) is 16.9. The van der Waals surface area contributed by atoms with E-state index in [1.54, 1.807) is 48.5 Å². The first kappa shape index (κ1) is 22.8. The van der Waals surface area contributed by atoms with E-state index in [-0.39, 0.29) is 17.1 Å². The molecular weight excluding hydrogens is 432 g/mol. The molecule has 0 fully saturated rings. The summed E-state index contributed by atoms with van der Waals surface area (Å²) >= 11 is 0. The quantitative estimate of drug-likeness (QED) is 0.304. The number of carbonyl (C=O) groups excluding carboxylic acids is 1. The molecule has 0 saturated carbocycles. The minimum atomic E-state index is -3.94. The summed E-state index contributed by atoms with van der Waals surface area (Å²) in [5.74, 6) is -0.651. The number of hydrogen-bond acceptors (Lipinski definition) is 6. The van der Waals surface area contributed by atoms with Gasteiger partial charge in [-0.25, -0.2) is 13.8 Å². The average molecular weight is 452 g/mol. The summed E-state index contributed by atoms with van der Waals surface area (Å²) in [6.07, 6.45) is 1.25. The molecule has 0 atom stereocenters. The lowest BCUT2D eigenvalue weighted by Crippen LogP contribution is -2.39. The summed E-state index contributed by atoms with van der Waals surface area (Å²) in [4.78, 5) is 22.8. The van der Waals surface area contributed by atoms with Crippen molar-refractivity contribution in [3.8, 4) is 0 Å². The Morgan fingerprint density at radius 3 is 2.31 bits per heavy atom. The molecule has 1 N–H and O–H groups in total. The zero-order valence-corrected chi connectivity index (χ0v) is 17.7. The molecular formula is C22H20N4O5S. The highest BCUT2D eigenvalue weighted by Gasteiger charge is 2.26. The fraction of sp³-hybridized carbons (Fsp3) is 0.0909. The first-order valence-electron chi connectivity index (χ1n) is 9.52. The average Bonchev–Trinajstić information content (AvgIpc) is 2.80. The van der Waals surface area contributed by atoms with Gasteiger partial charge in [0.05, 0.1) is 22.6 Å². The van der Waals surface area contributed by atoms with Crippen LogP contribution in [0.5, 0.6) is 0 Å². The van der Waals surface area contributed by atoms with Crippen LogP contribution in [0.15, 0.2) is 94.9 Å². The molecule has 3 aromatic carbocycles. The van der Waals surface area contributed by atoms with Crippen molar-refractivity contribution in [2.45, 2.75) is 11.4 Å². The van der Waals surface area contributed by atoms with E-state index in [1.165, 1.54) is 36.5 Å². The molecule has 0 aromatic heterocycles. The minimum absolute atomic E-state index is 0.0000812. The SMILES string of the molecule is O=C(CN(Cc1ccccc1)S(=O)(=O)c1ccccc1)N/N=C\c1cccc([N+](=O)[O-])c1. The number of sulfonamides is 1. The Bertz CT molecular complexity index is 1220. The minimum Gasteiger partial charge on any atom is -0.272 e. The number of hydrogen-bond donors (Lipinski definition) is 1. The molecule has 0 heterocycles. The maximum Gasteiger partial charge on any atom is 0.270 e. The van der Waals surface area contributed by atoms with Crippen molar-refractivity contribution in [1.29, 1.82) is 0 Å². The summed E-state index contributed by atoms with van der Waals surface area (Å²) in [5.41, 5.74) is 3.30. The molecule has 1 amide bonds. The maximum atomic E-state index is 13.1. The van der Waals surface area contributed by atoms with E-state index in [1.807, 2.05) is 6.07 Å². The maximum absolute atomic E-state index is 13.1. The molecule has 3 aromatic rings. The largest absolute Gasteiger partial charge is 0.272 e. The molecule has 0 aliphatic rings. The molecule has 164 valence electrons. The van der Waals surface area contributed by atoms with E-state index < -0.39 is 27.4 Å². The number of benzene rings is 3. The Hall–Kier alpha value is -3.89. The van der Waals surface area contributed by atoms with Crippen LogP contribution in [0.25, 0.3) is 0 Å². The molecule has 10 heteroatoms. The van der Waals surface area contributed by atoms with Crippen LogP contribution in [0, 0.1) is 10.1 Å². The van der Waals surface area contributed by atoms with Gasteiger partial charge < -0.3 is 0 Å². The molecule has 0 unspecified atom stereocenters. The summed E-state index contributed by atoms with van der Waals surface area (Å²) in [5, 5.41) is 14.6. The number of carbonyl (C=O) groups is 1. The molecule has 0 spiro atoms. The van der Waals surface area contributed by atoms with Gasteiger partial charge in [0, 0.05) is 24.2 Å². The first-order valence-corrected chi connectivity index (χ1v) is 11.0. The first-order chi connectivity index (χ1) is 15.4. The van der Waals surface area contributed by atoms with Gasteiger partial charge in [0.2, 0.25) is 10.0 Å². The number of hydrazone groups is 1. The van der Waals surface area contributed by atoms with Crippen LogP contribution in [0.2, 0.25) is 0 Å². The number of nitrogens with one attached hydrogen (secondary N) is 1. The predicted octanol–water partition coefficient (Wildman–Crippen LogP) is 2.94.